The molecule has 0 atom stereocenters. The lowest BCUT2D eigenvalue weighted by Crippen LogP contribution is -2.02. The Balaban J connectivity index is 1.76. The van der Waals surface area contributed by atoms with E-state index in [0.717, 1.165) is 16.0 Å². The van der Waals surface area contributed by atoms with Crippen LogP contribution in [0.5, 0.6) is 0 Å². The van der Waals surface area contributed by atoms with Gasteiger partial charge in [-0.2, -0.15) is 0 Å². The van der Waals surface area contributed by atoms with E-state index in [1.165, 1.54) is 12.8 Å². The Morgan fingerprint density at radius 3 is 2.79 bits per heavy atom. The molecule has 1 heterocycles. The second-order valence-electron chi connectivity index (χ2n) is 3.37. The molecule has 74 valence electrons. The lowest BCUT2D eigenvalue weighted by Gasteiger charge is -1.99. The summed E-state index contributed by atoms with van der Waals surface area (Å²) in [5.74, 6) is 1.54. The van der Waals surface area contributed by atoms with Crippen LogP contribution in [0.3, 0.4) is 0 Å². The number of hydrogen-bond donors (Lipinski definition) is 1. The molecule has 1 aromatic rings. The van der Waals surface area contributed by atoms with Crippen molar-refractivity contribution in [2.45, 2.75) is 12.8 Å². The van der Waals surface area contributed by atoms with E-state index in [-0.39, 0.29) is 0 Å². The maximum atomic E-state index is 4.15. The molecule has 1 saturated carbocycles. The number of hydrogen-bond acceptors (Lipinski definition) is 3. The van der Waals surface area contributed by atoms with Crippen molar-refractivity contribution in [3.63, 3.8) is 0 Å². The van der Waals surface area contributed by atoms with Crippen molar-refractivity contribution in [2.24, 2.45) is 5.92 Å². The summed E-state index contributed by atoms with van der Waals surface area (Å²) in [6.45, 7) is 0.817. The van der Waals surface area contributed by atoms with Gasteiger partial charge in [0.2, 0.25) is 5.95 Å². The second-order valence-corrected chi connectivity index (χ2v) is 4.62. The van der Waals surface area contributed by atoms with Gasteiger partial charge in [-0.25, -0.2) is 9.97 Å². The van der Waals surface area contributed by atoms with Gasteiger partial charge in [-0.05, 0) is 41.4 Å². The van der Waals surface area contributed by atoms with Gasteiger partial charge in [0, 0.05) is 22.5 Å². The predicted molar refractivity (Wildman–Crippen MR) is 65.1 cm³/mol. The van der Waals surface area contributed by atoms with E-state index in [0.29, 0.717) is 5.95 Å². The molecule has 1 aliphatic carbocycles. The Labute approximate surface area is 97.2 Å². The van der Waals surface area contributed by atoms with Crippen molar-refractivity contribution >= 4 is 28.5 Å². The molecular weight excluding hydrogens is 289 g/mol. The standard InChI is InChI=1S/C10H12IN3/c11-9-6-13-10(14-7-9)12-5-1-2-8-3-4-8/h1-2,6-8H,3-5H2,(H,12,13,14)/b2-1+. The molecule has 1 aromatic heterocycles. The maximum Gasteiger partial charge on any atom is 0.222 e. The first-order valence-corrected chi connectivity index (χ1v) is 5.80. The fourth-order valence-corrected chi connectivity index (χ4v) is 1.38. The largest absolute Gasteiger partial charge is 0.351 e. The van der Waals surface area contributed by atoms with Crippen molar-refractivity contribution in [3.05, 3.63) is 28.1 Å². The van der Waals surface area contributed by atoms with Crippen LogP contribution in [0, 0.1) is 9.49 Å². The fourth-order valence-electron chi connectivity index (χ4n) is 1.10. The summed E-state index contributed by atoms with van der Waals surface area (Å²) in [6.07, 6.45) is 10.7. The van der Waals surface area contributed by atoms with E-state index in [4.69, 9.17) is 0 Å². The van der Waals surface area contributed by atoms with Gasteiger partial charge in [-0.15, -0.1) is 0 Å². The van der Waals surface area contributed by atoms with Crippen molar-refractivity contribution in [2.75, 3.05) is 11.9 Å². The van der Waals surface area contributed by atoms with E-state index in [2.05, 4.69) is 50.0 Å². The zero-order valence-corrected chi connectivity index (χ0v) is 9.94. The number of halogens is 1. The lowest BCUT2D eigenvalue weighted by molar-refractivity contribution is 1.08. The van der Waals surface area contributed by atoms with Gasteiger partial charge in [0.15, 0.2) is 0 Å². The van der Waals surface area contributed by atoms with Crippen LogP contribution >= 0.6 is 22.6 Å². The minimum atomic E-state index is 0.700. The molecule has 1 fully saturated rings. The molecule has 1 N–H and O–H groups in total. The molecule has 1 aliphatic rings. The summed E-state index contributed by atoms with van der Waals surface area (Å²) in [5.41, 5.74) is 0. The van der Waals surface area contributed by atoms with Crippen LogP contribution < -0.4 is 5.32 Å². The third kappa shape index (κ3) is 3.25. The van der Waals surface area contributed by atoms with Gasteiger partial charge in [0.1, 0.15) is 0 Å². The van der Waals surface area contributed by atoms with Crippen molar-refractivity contribution in [1.29, 1.82) is 0 Å². The second kappa shape index (κ2) is 4.72. The summed E-state index contributed by atoms with van der Waals surface area (Å²) in [7, 11) is 0. The smallest absolute Gasteiger partial charge is 0.222 e. The molecule has 0 unspecified atom stereocenters. The predicted octanol–water partition coefficient (Wildman–Crippen LogP) is 2.46. The Hall–Kier alpha value is -0.650. The topological polar surface area (TPSA) is 37.8 Å². The first kappa shape index (κ1) is 9.89. The number of allylic oxidation sites excluding steroid dienone is 1. The van der Waals surface area contributed by atoms with Crippen LogP contribution in [0.15, 0.2) is 24.5 Å². The zero-order chi connectivity index (χ0) is 9.80. The number of aromatic nitrogens is 2. The van der Waals surface area contributed by atoms with Gasteiger partial charge in [-0.1, -0.05) is 12.2 Å². The maximum absolute atomic E-state index is 4.15. The molecule has 4 heteroatoms. The molecule has 2 rings (SSSR count). The molecular formula is C10H12IN3. The van der Waals surface area contributed by atoms with E-state index >= 15 is 0 Å². The summed E-state index contributed by atoms with van der Waals surface area (Å²) < 4.78 is 1.06. The summed E-state index contributed by atoms with van der Waals surface area (Å²) in [5, 5.41) is 3.14. The number of anilines is 1. The van der Waals surface area contributed by atoms with E-state index in [1.54, 1.807) is 12.4 Å². The quantitative estimate of drug-likeness (QED) is 0.686. The number of nitrogens with one attached hydrogen (secondary N) is 1. The minimum absolute atomic E-state index is 0.700. The van der Waals surface area contributed by atoms with E-state index in [1.807, 2.05) is 0 Å². The highest BCUT2D eigenvalue weighted by Gasteiger charge is 2.16. The first-order valence-electron chi connectivity index (χ1n) is 4.72. The van der Waals surface area contributed by atoms with Gasteiger partial charge in [-0.3, -0.25) is 0 Å². The average molecular weight is 301 g/mol. The summed E-state index contributed by atoms with van der Waals surface area (Å²) in [6, 6.07) is 0. The molecule has 0 amide bonds. The average Bonchev–Trinajstić information content (AvgIpc) is 2.99. The summed E-state index contributed by atoms with van der Waals surface area (Å²) in [4.78, 5) is 8.29. The molecule has 0 radical (unpaired) electrons. The van der Waals surface area contributed by atoms with Crippen molar-refractivity contribution < 1.29 is 0 Å². The highest BCUT2D eigenvalue weighted by molar-refractivity contribution is 14.1. The molecule has 3 nitrogen and oxygen atoms in total. The van der Waals surface area contributed by atoms with Crippen molar-refractivity contribution in [3.8, 4) is 0 Å². The van der Waals surface area contributed by atoms with Crippen LogP contribution in [-0.2, 0) is 0 Å². The van der Waals surface area contributed by atoms with Crippen LogP contribution in [0.2, 0.25) is 0 Å². The number of nitrogens with zero attached hydrogens (tertiary/aromatic N) is 2. The van der Waals surface area contributed by atoms with Gasteiger partial charge in [0.25, 0.3) is 0 Å². The third-order valence-electron chi connectivity index (χ3n) is 2.03. The Kier molecular flexibility index (Phi) is 3.34. The van der Waals surface area contributed by atoms with E-state index < -0.39 is 0 Å². The molecule has 0 spiro atoms. The highest BCUT2D eigenvalue weighted by atomic mass is 127. The lowest BCUT2D eigenvalue weighted by atomic mass is 10.4. The Morgan fingerprint density at radius 1 is 1.43 bits per heavy atom. The number of rotatable bonds is 4. The van der Waals surface area contributed by atoms with Gasteiger partial charge < -0.3 is 5.32 Å². The highest BCUT2D eigenvalue weighted by Crippen LogP contribution is 2.29. The third-order valence-corrected chi connectivity index (χ3v) is 2.59. The molecule has 0 aromatic carbocycles. The van der Waals surface area contributed by atoms with Crippen LogP contribution in [0.25, 0.3) is 0 Å². The molecule has 0 saturated heterocycles. The van der Waals surface area contributed by atoms with E-state index in [9.17, 15) is 0 Å². The monoisotopic (exact) mass is 301 g/mol. The van der Waals surface area contributed by atoms with Crippen LogP contribution in [0.1, 0.15) is 12.8 Å². The first-order chi connectivity index (χ1) is 6.84. The molecule has 14 heavy (non-hydrogen) atoms. The Morgan fingerprint density at radius 2 is 2.14 bits per heavy atom. The summed E-state index contributed by atoms with van der Waals surface area (Å²) >= 11 is 2.19. The Bertz CT molecular complexity index is 317. The normalized spacial score (nSPS) is 16.1. The zero-order valence-electron chi connectivity index (χ0n) is 7.78. The fraction of sp³-hybridized carbons (Fsp3) is 0.400. The SMILES string of the molecule is Ic1cnc(NC/C=C/C2CC2)nc1. The van der Waals surface area contributed by atoms with Crippen molar-refractivity contribution in [1.82, 2.24) is 9.97 Å². The van der Waals surface area contributed by atoms with Crippen LogP contribution in [0.4, 0.5) is 5.95 Å². The molecule has 0 bridgehead atoms. The van der Waals surface area contributed by atoms with Gasteiger partial charge >= 0.3 is 0 Å². The van der Waals surface area contributed by atoms with Crippen LogP contribution in [-0.4, -0.2) is 16.5 Å². The minimum Gasteiger partial charge on any atom is -0.351 e. The van der Waals surface area contributed by atoms with Gasteiger partial charge in [0.05, 0.1) is 0 Å². The molecule has 0 aliphatic heterocycles.